The summed E-state index contributed by atoms with van der Waals surface area (Å²) in [6.07, 6.45) is 3.27. The minimum absolute atomic E-state index is 0.267. The Balaban J connectivity index is 2.16. The van der Waals surface area contributed by atoms with Crippen molar-refractivity contribution in [2.75, 3.05) is 0 Å². The van der Waals surface area contributed by atoms with Crippen molar-refractivity contribution in [1.82, 2.24) is 5.43 Å². The van der Waals surface area contributed by atoms with Gasteiger partial charge in [0, 0.05) is 6.04 Å². The Morgan fingerprint density at radius 3 is 2.69 bits per heavy atom. The van der Waals surface area contributed by atoms with Crippen LogP contribution in [0.4, 0.5) is 0 Å². The topological polar surface area (TPSA) is 38.0 Å². The van der Waals surface area contributed by atoms with E-state index >= 15 is 0 Å². The molecule has 0 amide bonds. The van der Waals surface area contributed by atoms with E-state index in [0.717, 1.165) is 12.0 Å². The molecule has 1 saturated carbocycles. The lowest BCUT2D eigenvalue weighted by atomic mass is 9.93. The normalized spacial score (nSPS) is 19.5. The predicted molar refractivity (Wildman–Crippen MR) is 68.6 cm³/mol. The SMILES string of the molecule is CC1(C(Cc2cccc(Cl)c2Cl)NN)CC1. The van der Waals surface area contributed by atoms with E-state index in [1.54, 1.807) is 6.07 Å². The first kappa shape index (κ1) is 12.2. The van der Waals surface area contributed by atoms with Crippen molar-refractivity contribution in [1.29, 1.82) is 0 Å². The number of rotatable bonds is 4. The Hall–Kier alpha value is -0.280. The third kappa shape index (κ3) is 2.35. The van der Waals surface area contributed by atoms with Crippen molar-refractivity contribution in [2.45, 2.75) is 32.2 Å². The van der Waals surface area contributed by atoms with Crippen LogP contribution in [-0.4, -0.2) is 6.04 Å². The van der Waals surface area contributed by atoms with Crippen LogP contribution in [0, 0.1) is 5.41 Å². The molecule has 0 aliphatic heterocycles. The Bertz CT molecular complexity index is 389. The molecular formula is C12H16Cl2N2. The molecule has 0 heterocycles. The summed E-state index contributed by atoms with van der Waals surface area (Å²) in [6, 6.07) is 6.00. The summed E-state index contributed by atoms with van der Waals surface area (Å²) in [5, 5.41) is 1.25. The van der Waals surface area contributed by atoms with E-state index in [2.05, 4.69) is 12.3 Å². The zero-order valence-corrected chi connectivity index (χ0v) is 10.8. The fourth-order valence-electron chi connectivity index (χ4n) is 1.98. The maximum Gasteiger partial charge on any atom is 0.0624 e. The van der Waals surface area contributed by atoms with E-state index in [-0.39, 0.29) is 6.04 Å². The zero-order chi connectivity index (χ0) is 11.8. The van der Waals surface area contributed by atoms with Gasteiger partial charge in [-0.15, -0.1) is 0 Å². The zero-order valence-electron chi connectivity index (χ0n) is 9.26. The van der Waals surface area contributed by atoms with Gasteiger partial charge in [-0.1, -0.05) is 42.3 Å². The lowest BCUT2D eigenvalue weighted by Gasteiger charge is -2.23. The molecule has 88 valence electrons. The molecule has 0 saturated heterocycles. The molecule has 1 fully saturated rings. The number of hydrogen-bond donors (Lipinski definition) is 2. The molecule has 0 spiro atoms. The van der Waals surface area contributed by atoms with Crippen LogP contribution in [0.5, 0.6) is 0 Å². The maximum absolute atomic E-state index is 6.16. The fourth-order valence-corrected chi connectivity index (χ4v) is 2.38. The van der Waals surface area contributed by atoms with Crippen molar-refractivity contribution >= 4 is 23.2 Å². The fraction of sp³-hybridized carbons (Fsp3) is 0.500. The van der Waals surface area contributed by atoms with Gasteiger partial charge in [0.25, 0.3) is 0 Å². The van der Waals surface area contributed by atoms with E-state index in [1.165, 1.54) is 12.8 Å². The van der Waals surface area contributed by atoms with Crippen molar-refractivity contribution in [2.24, 2.45) is 11.3 Å². The molecule has 1 atom stereocenters. The van der Waals surface area contributed by atoms with Crippen molar-refractivity contribution in [3.05, 3.63) is 33.8 Å². The highest BCUT2D eigenvalue weighted by Crippen LogP contribution is 2.49. The molecule has 16 heavy (non-hydrogen) atoms. The molecule has 1 aromatic rings. The van der Waals surface area contributed by atoms with E-state index in [1.807, 2.05) is 12.1 Å². The number of halogens is 2. The smallest absolute Gasteiger partial charge is 0.0624 e. The van der Waals surface area contributed by atoms with E-state index in [9.17, 15) is 0 Å². The quantitative estimate of drug-likeness (QED) is 0.643. The highest BCUT2D eigenvalue weighted by molar-refractivity contribution is 6.42. The highest BCUT2D eigenvalue weighted by atomic mass is 35.5. The molecule has 2 rings (SSSR count). The predicted octanol–water partition coefficient (Wildman–Crippen LogP) is 3.17. The number of benzene rings is 1. The van der Waals surface area contributed by atoms with Gasteiger partial charge in [0.05, 0.1) is 10.0 Å². The second-order valence-corrected chi connectivity index (χ2v) is 5.58. The Labute approximate surface area is 106 Å². The van der Waals surface area contributed by atoms with Gasteiger partial charge in [0.2, 0.25) is 0 Å². The first-order valence-corrected chi connectivity index (χ1v) is 6.21. The van der Waals surface area contributed by atoms with Gasteiger partial charge in [-0.3, -0.25) is 11.3 Å². The van der Waals surface area contributed by atoms with Gasteiger partial charge < -0.3 is 0 Å². The molecule has 4 heteroatoms. The third-order valence-electron chi connectivity index (χ3n) is 3.54. The summed E-state index contributed by atoms with van der Waals surface area (Å²) in [6.45, 7) is 2.25. The second kappa shape index (κ2) is 4.53. The van der Waals surface area contributed by atoms with Crippen molar-refractivity contribution < 1.29 is 0 Å². The van der Waals surface area contributed by atoms with Gasteiger partial charge in [-0.05, 0) is 36.3 Å². The number of hydrazine groups is 1. The molecule has 1 aromatic carbocycles. The molecule has 0 aromatic heterocycles. The van der Waals surface area contributed by atoms with Crippen LogP contribution < -0.4 is 11.3 Å². The molecule has 1 unspecified atom stereocenters. The molecule has 3 N–H and O–H groups in total. The first-order valence-electron chi connectivity index (χ1n) is 5.46. The molecular weight excluding hydrogens is 243 g/mol. The van der Waals surface area contributed by atoms with Gasteiger partial charge in [0.1, 0.15) is 0 Å². The van der Waals surface area contributed by atoms with Crippen LogP contribution in [-0.2, 0) is 6.42 Å². The molecule has 0 radical (unpaired) electrons. The van der Waals surface area contributed by atoms with Gasteiger partial charge >= 0.3 is 0 Å². The summed E-state index contributed by atoms with van der Waals surface area (Å²) < 4.78 is 0. The Morgan fingerprint density at radius 1 is 1.44 bits per heavy atom. The average molecular weight is 259 g/mol. The molecule has 2 nitrogen and oxygen atoms in total. The Kier molecular flexibility index (Phi) is 3.45. The lowest BCUT2D eigenvalue weighted by molar-refractivity contribution is 0.359. The minimum Gasteiger partial charge on any atom is -0.271 e. The van der Waals surface area contributed by atoms with Crippen molar-refractivity contribution in [3.63, 3.8) is 0 Å². The van der Waals surface area contributed by atoms with E-state index in [0.29, 0.717) is 15.5 Å². The van der Waals surface area contributed by atoms with Crippen LogP contribution >= 0.6 is 23.2 Å². The lowest BCUT2D eigenvalue weighted by Crippen LogP contribution is -2.42. The summed E-state index contributed by atoms with van der Waals surface area (Å²) in [5.74, 6) is 5.61. The summed E-state index contributed by atoms with van der Waals surface area (Å²) >= 11 is 12.2. The molecule has 0 bridgehead atoms. The third-order valence-corrected chi connectivity index (χ3v) is 4.39. The monoisotopic (exact) mass is 258 g/mol. The number of hydrogen-bond acceptors (Lipinski definition) is 2. The van der Waals surface area contributed by atoms with Gasteiger partial charge in [-0.2, -0.15) is 0 Å². The summed E-state index contributed by atoms with van der Waals surface area (Å²) in [5.41, 5.74) is 4.28. The summed E-state index contributed by atoms with van der Waals surface area (Å²) in [4.78, 5) is 0. The molecule has 1 aliphatic rings. The number of nitrogens with one attached hydrogen (secondary N) is 1. The standard InChI is InChI=1S/C12H16Cl2N2/c1-12(5-6-12)10(16-15)7-8-3-2-4-9(13)11(8)14/h2-4,10,16H,5-7,15H2,1H3. The minimum atomic E-state index is 0.267. The van der Waals surface area contributed by atoms with E-state index in [4.69, 9.17) is 29.0 Å². The molecule has 1 aliphatic carbocycles. The highest BCUT2D eigenvalue weighted by Gasteiger charge is 2.44. The first-order chi connectivity index (χ1) is 7.57. The largest absolute Gasteiger partial charge is 0.271 e. The van der Waals surface area contributed by atoms with Crippen LogP contribution in [0.2, 0.25) is 10.0 Å². The van der Waals surface area contributed by atoms with Crippen LogP contribution in [0.15, 0.2) is 18.2 Å². The van der Waals surface area contributed by atoms with Crippen LogP contribution in [0.25, 0.3) is 0 Å². The second-order valence-electron chi connectivity index (χ2n) is 4.79. The van der Waals surface area contributed by atoms with Crippen LogP contribution in [0.1, 0.15) is 25.3 Å². The Morgan fingerprint density at radius 2 is 2.12 bits per heavy atom. The van der Waals surface area contributed by atoms with Crippen molar-refractivity contribution in [3.8, 4) is 0 Å². The number of nitrogens with two attached hydrogens (primary N) is 1. The van der Waals surface area contributed by atoms with Gasteiger partial charge in [-0.25, -0.2) is 0 Å². The maximum atomic E-state index is 6.16. The van der Waals surface area contributed by atoms with E-state index < -0.39 is 0 Å². The van der Waals surface area contributed by atoms with Crippen LogP contribution in [0.3, 0.4) is 0 Å². The summed E-state index contributed by atoms with van der Waals surface area (Å²) in [7, 11) is 0. The van der Waals surface area contributed by atoms with Gasteiger partial charge in [0.15, 0.2) is 0 Å². The average Bonchev–Trinajstić information content (AvgIpc) is 3.00.